The van der Waals surface area contributed by atoms with E-state index in [4.69, 9.17) is 4.98 Å². The summed E-state index contributed by atoms with van der Waals surface area (Å²) < 4.78 is 1.84. The van der Waals surface area contributed by atoms with Crippen molar-refractivity contribution in [1.82, 2.24) is 20.1 Å². The third kappa shape index (κ3) is 4.39. The van der Waals surface area contributed by atoms with Gasteiger partial charge in [-0.2, -0.15) is 0 Å². The Balaban J connectivity index is 1.53. The number of hydrogen-bond donors (Lipinski definition) is 1. The predicted octanol–water partition coefficient (Wildman–Crippen LogP) is 4.09. The van der Waals surface area contributed by atoms with E-state index in [1.54, 1.807) is 0 Å². The Kier molecular flexibility index (Phi) is 5.53. The van der Waals surface area contributed by atoms with Crippen molar-refractivity contribution in [1.29, 1.82) is 0 Å². The minimum atomic E-state index is 0.0595. The molecule has 3 aromatic rings. The van der Waals surface area contributed by atoms with Crippen molar-refractivity contribution < 1.29 is 4.79 Å². The largest absolute Gasteiger partial charge is 0.353 e. The standard InChI is InChI=1S/C21H22N4OS/c26-19(22-17-11-7-8-12-17)15-27-21-23-20(16-9-3-1-4-10-16)25(24-21)18-13-5-2-6-14-18/h1-6,9-10,13-14,17H,7-8,11-12,15H2,(H,22,26). The normalized spacial score (nSPS) is 14.4. The third-order valence-electron chi connectivity index (χ3n) is 4.67. The summed E-state index contributed by atoms with van der Waals surface area (Å²) in [6.45, 7) is 0. The topological polar surface area (TPSA) is 59.8 Å². The fourth-order valence-corrected chi connectivity index (χ4v) is 3.98. The van der Waals surface area contributed by atoms with Gasteiger partial charge in [-0.15, -0.1) is 5.10 Å². The first-order valence-corrected chi connectivity index (χ1v) is 10.3. The highest BCUT2D eigenvalue weighted by Gasteiger charge is 2.18. The van der Waals surface area contributed by atoms with E-state index in [2.05, 4.69) is 10.4 Å². The van der Waals surface area contributed by atoms with Crippen LogP contribution in [0.15, 0.2) is 65.8 Å². The SMILES string of the molecule is O=C(CSc1nc(-c2ccccc2)n(-c2ccccc2)n1)NC1CCCC1. The Morgan fingerprint density at radius 3 is 2.41 bits per heavy atom. The molecule has 1 fully saturated rings. The highest BCUT2D eigenvalue weighted by molar-refractivity contribution is 7.99. The monoisotopic (exact) mass is 378 g/mol. The number of rotatable bonds is 6. The van der Waals surface area contributed by atoms with Gasteiger partial charge in [0.25, 0.3) is 0 Å². The summed E-state index contributed by atoms with van der Waals surface area (Å²) in [7, 11) is 0. The molecule has 2 aromatic carbocycles. The number of para-hydroxylation sites is 1. The molecule has 1 aliphatic rings. The summed E-state index contributed by atoms with van der Waals surface area (Å²) in [6, 6.07) is 20.3. The van der Waals surface area contributed by atoms with Crippen LogP contribution >= 0.6 is 11.8 Å². The number of aromatic nitrogens is 3. The molecule has 0 aliphatic heterocycles. The fourth-order valence-electron chi connectivity index (χ4n) is 3.35. The van der Waals surface area contributed by atoms with Crippen LogP contribution in [0, 0.1) is 0 Å². The molecular formula is C21H22N4OS. The molecule has 138 valence electrons. The Morgan fingerprint density at radius 1 is 1.04 bits per heavy atom. The molecule has 1 amide bonds. The van der Waals surface area contributed by atoms with Crippen LogP contribution in [-0.4, -0.2) is 32.5 Å². The zero-order valence-electron chi connectivity index (χ0n) is 15.0. The molecule has 0 bridgehead atoms. The number of amides is 1. The van der Waals surface area contributed by atoms with Gasteiger partial charge in [0.1, 0.15) is 0 Å². The molecule has 1 saturated carbocycles. The quantitative estimate of drug-likeness (QED) is 0.657. The van der Waals surface area contributed by atoms with Crippen LogP contribution in [0.2, 0.25) is 0 Å². The van der Waals surface area contributed by atoms with Crippen molar-refractivity contribution in [3.05, 3.63) is 60.7 Å². The van der Waals surface area contributed by atoms with Gasteiger partial charge < -0.3 is 5.32 Å². The summed E-state index contributed by atoms with van der Waals surface area (Å²) in [4.78, 5) is 16.9. The van der Waals surface area contributed by atoms with E-state index < -0.39 is 0 Å². The molecule has 0 atom stereocenters. The fraction of sp³-hybridized carbons (Fsp3) is 0.286. The van der Waals surface area contributed by atoms with Gasteiger partial charge in [-0.05, 0) is 25.0 Å². The van der Waals surface area contributed by atoms with Gasteiger partial charge in [0, 0.05) is 11.6 Å². The summed E-state index contributed by atoms with van der Waals surface area (Å²) in [5.74, 6) is 1.17. The van der Waals surface area contributed by atoms with Crippen molar-refractivity contribution in [2.45, 2.75) is 36.9 Å². The molecule has 27 heavy (non-hydrogen) atoms. The van der Waals surface area contributed by atoms with E-state index in [0.717, 1.165) is 29.9 Å². The number of hydrogen-bond acceptors (Lipinski definition) is 4. The van der Waals surface area contributed by atoms with Crippen LogP contribution in [0.3, 0.4) is 0 Å². The Hall–Kier alpha value is -2.60. The Morgan fingerprint density at radius 2 is 1.70 bits per heavy atom. The maximum absolute atomic E-state index is 12.2. The minimum absolute atomic E-state index is 0.0595. The second kappa shape index (κ2) is 8.39. The van der Waals surface area contributed by atoms with Gasteiger partial charge in [-0.1, -0.05) is 73.1 Å². The third-order valence-corrected chi connectivity index (χ3v) is 5.51. The van der Waals surface area contributed by atoms with Crippen LogP contribution in [0.25, 0.3) is 17.1 Å². The molecule has 0 spiro atoms. The number of benzene rings is 2. The molecule has 6 heteroatoms. The van der Waals surface area contributed by atoms with Crippen molar-refractivity contribution in [3.63, 3.8) is 0 Å². The van der Waals surface area contributed by atoms with Crippen LogP contribution in [0.1, 0.15) is 25.7 Å². The first-order chi connectivity index (χ1) is 13.3. The second-order valence-electron chi connectivity index (χ2n) is 6.67. The lowest BCUT2D eigenvalue weighted by molar-refractivity contribution is -0.119. The van der Waals surface area contributed by atoms with E-state index in [1.165, 1.54) is 24.6 Å². The highest BCUT2D eigenvalue weighted by Crippen LogP contribution is 2.25. The summed E-state index contributed by atoms with van der Waals surface area (Å²) in [6.07, 6.45) is 4.61. The molecule has 1 aromatic heterocycles. The lowest BCUT2D eigenvalue weighted by Gasteiger charge is -2.10. The lowest BCUT2D eigenvalue weighted by Crippen LogP contribution is -2.33. The summed E-state index contributed by atoms with van der Waals surface area (Å²) in [5, 5.41) is 8.37. The summed E-state index contributed by atoms with van der Waals surface area (Å²) >= 11 is 1.38. The van der Waals surface area contributed by atoms with Gasteiger partial charge >= 0.3 is 0 Å². The van der Waals surface area contributed by atoms with E-state index >= 15 is 0 Å². The number of nitrogens with one attached hydrogen (secondary N) is 1. The molecule has 0 radical (unpaired) electrons. The maximum Gasteiger partial charge on any atom is 0.230 e. The van der Waals surface area contributed by atoms with Gasteiger partial charge in [0.2, 0.25) is 11.1 Å². The highest BCUT2D eigenvalue weighted by atomic mass is 32.2. The summed E-state index contributed by atoms with van der Waals surface area (Å²) in [5.41, 5.74) is 1.95. The smallest absolute Gasteiger partial charge is 0.230 e. The molecule has 0 unspecified atom stereocenters. The van der Waals surface area contributed by atoms with Crippen molar-refractivity contribution >= 4 is 17.7 Å². The molecule has 1 aliphatic carbocycles. The van der Waals surface area contributed by atoms with Crippen LogP contribution in [0.4, 0.5) is 0 Å². The van der Waals surface area contributed by atoms with Crippen molar-refractivity contribution in [2.75, 3.05) is 5.75 Å². The number of carbonyl (C=O) groups excluding carboxylic acids is 1. The number of carbonyl (C=O) groups is 1. The van der Waals surface area contributed by atoms with Gasteiger partial charge in [0.05, 0.1) is 11.4 Å². The van der Waals surface area contributed by atoms with Crippen molar-refractivity contribution in [2.24, 2.45) is 0 Å². The average Bonchev–Trinajstić information content (AvgIpc) is 3.38. The van der Waals surface area contributed by atoms with E-state index in [-0.39, 0.29) is 5.91 Å². The first kappa shape index (κ1) is 17.8. The first-order valence-electron chi connectivity index (χ1n) is 9.30. The van der Waals surface area contributed by atoms with Gasteiger partial charge in [-0.25, -0.2) is 9.67 Å². The van der Waals surface area contributed by atoms with Crippen LogP contribution in [0.5, 0.6) is 0 Å². The van der Waals surface area contributed by atoms with Gasteiger partial charge in [0.15, 0.2) is 5.82 Å². The Labute approximate surface area is 163 Å². The van der Waals surface area contributed by atoms with Gasteiger partial charge in [-0.3, -0.25) is 4.79 Å². The van der Waals surface area contributed by atoms with E-state index in [9.17, 15) is 4.79 Å². The average molecular weight is 379 g/mol. The molecular weight excluding hydrogens is 356 g/mol. The minimum Gasteiger partial charge on any atom is -0.353 e. The van der Waals surface area contributed by atoms with Crippen LogP contribution in [-0.2, 0) is 4.79 Å². The molecule has 4 rings (SSSR count). The Bertz CT molecular complexity index is 832. The zero-order valence-corrected chi connectivity index (χ0v) is 15.9. The zero-order chi connectivity index (χ0) is 18.5. The van der Waals surface area contributed by atoms with Crippen LogP contribution < -0.4 is 5.32 Å². The molecule has 1 heterocycles. The van der Waals surface area contributed by atoms with Crippen molar-refractivity contribution in [3.8, 4) is 17.1 Å². The van der Waals surface area contributed by atoms with E-state index in [0.29, 0.717) is 17.0 Å². The van der Waals surface area contributed by atoms with E-state index in [1.807, 2.05) is 65.3 Å². The molecule has 0 saturated heterocycles. The maximum atomic E-state index is 12.2. The predicted molar refractivity (Wildman–Crippen MR) is 108 cm³/mol. The number of thioether (sulfide) groups is 1. The lowest BCUT2D eigenvalue weighted by atomic mass is 10.2. The molecule has 1 N–H and O–H groups in total. The second-order valence-corrected chi connectivity index (χ2v) is 7.61. The molecule has 5 nitrogen and oxygen atoms in total. The number of nitrogens with zero attached hydrogens (tertiary/aromatic N) is 3.